The Bertz CT molecular complexity index is 831. The van der Waals surface area contributed by atoms with Crippen LogP contribution in [0.1, 0.15) is 23.0 Å². The Labute approximate surface area is 134 Å². The molecule has 2 aromatic heterocycles. The van der Waals surface area contributed by atoms with Crippen LogP contribution in [0.15, 0.2) is 41.3 Å². The van der Waals surface area contributed by atoms with Gasteiger partial charge in [0, 0.05) is 24.0 Å². The fraction of sp³-hybridized carbons (Fsp3) is 0.235. The SMILES string of the molecule is Cc1nc(CC(=O)Nc2ccc(-n3cnc(C)c3C)cc2)co1. The van der Waals surface area contributed by atoms with E-state index in [1.165, 1.54) is 6.26 Å². The molecule has 0 aliphatic heterocycles. The average Bonchev–Trinajstić information content (AvgIpc) is 3.07. The van der Waals surface area contributed by atoms with Crippen molar-refractivity contribution in [1.82, 2.24) is 14.5 Å². The largest absolute Gasteiger partial charge is 0.449 e. The lowest BCUT2D eigenvalue weighted by molar-refractivity contribution is -0.115. The number of benzene rings is 1. The molecule has 3 aromatic rings. The molecular formula is C17H18N4O2. The molecule has 23 heavy (non-hydrogen) atoms. The van der Waals surface area contributed by atoms with Gasteiger partial charge in [0.25, 0.3) is 0 Å². The van der Waals surface area contributed by atoms with E-state index in [4.69, 9.17) is 4.42 Å². The fourth-order valence-corrected chi connectivity index (χ4v) is 2.32. The first kappa shape index (κ1) is 15.0. The van der Waals surface area contributed by atoms with Gasteiger partial charge in [-0.1, -0.05) is 0 Å². The van der Waals surface area contributed by atoms with Crippen LogP contribution >= 0.6 is 0 Å². The Kier molecular flexibility index (Phi) is 3.97. The van der Waals surface area contributed by atoms with Crippen LogP contribution in [0, 0.1) is 20.8 Å². The van der Waals surface area contributed by atoms with E-state index in [1.54, 1.807) is 13.3 Å². The summed E-state index contributed by atoms with van der Waals surface area (Å²) in [6, 6.07) is 7.64. The van der Waals surface area contributed by atoms with Crippen LogP contribution in [0.25, 0.3) is 5.69 Å². The average molecular weight is 310 g/mol. The number of hydrogen-bond donors (Lipinski definition) is 1. The van der Waals surface area contributed by atoms with Crippen LogP contribution in [0.5, 0.6) is 0 Å². The van der Waals surface area contributed by atoms with Crippen LogP contribution in [0.3, 0.4) is 0 Å². The summed E-state index contributed by atoms with van der Waals surface area (Å²) in [6.07, 6.45) is 3.49. The molecular weight excluding hydrogens is 292 g/mol. The molecule has 6 heteroatoms. The number of carbonyl (C=O) groups is 1. The molecule has 1 N–H and O–H groups in total. The van der Waals surface area contributed by atoms with E-state index >= 15 is 0 Å². The fourth-order valence-electron chi connectivity index (χ4n) is 2.32. The summed E-state index contributed by atoms with van der Waals surface area (Å²) in [5.74, 6) is 0.434. The number of oxazole rings is 1. The van der Waals surface area contributed by atoms with Crippen LogP contribution in [-0.2, 0) is 11.2 Å². The minimum atomic E-state index is -0.124. The third-order valence-corrected chi connectivity index (χ3v) is 3.69. The normalized spacial score (nSPS) is 10.7. The van der Waals surface area contributed by atoms with Crippen molar-refractivity contribution in [3.8, 4) is 5.69 Å². The maximum absolute atomic E-state index is 12.0. The predicted octanol–water partition coefficient (Wildman–Crippen LogP) is 2.97. The smallest absolute Gasteiger partial charge is 0.230 e. The van der Waals surface area contributed by atoms with Gasteiger partial charge in [0.15, 0.2) is 5.89 Å². The number of aromatic nitrogens is 3. The molecule has 0 bridgehead atoms. The first-order valence-electron chi connectivity index (χ1n) is 7.35. The molecule has 0 radical (unpaired) electrons. The second-order valence-corrected chi connectivity index (χ2v) is 5.42. The van der Waals surface area contributed by atoms with Crippen LogP contribution in [0.2, 0.25) is 0 Å². The highest BCUT2D eigenvalue weighted by molar-refractivity contribution is 5.92. The minimum Gasteiger partial charge on any atom is -0.449 e. The molecule has 0 aliphatic carbocycles. The number of nitrogens with zero attached hydrogens (tertiary/aromatic N) is 3. The van der Waals surface area contributed by atoms with Crippen molar-refractivity contribution in [3.63, 3.8) is 0 Å². The number of imidazole rings is 1. The van der Waals surface area contributed by atoms with Crippen molar-refractivity contribution < 1.29 is 9.21 Å². The van der Waals surface area contributed by atoms with E-state index in [1.807, 2.05) is 42.7 Å². The topological polar surface area (TPSA) is 73.0 Å². The highest BCUT2D eigenvalue weighted by Gasteiger charge is 2.08. The zero-order chi connectivity index (χ0) is 16.4. The van der Waals surface area contributed by atoms with Gasteiger partial charge >= 0.3 is 0 Å². The van der Waals surface area contributed by atoms with Gasteiger partial charge in [-0.25, -0.2) is 9.97 Å². The standard InChI is InChI=1S/C17H18N4O2/c1-11-12(2)21(10-18-11)16-6-4-14(5-7-16)20-17(22)8-15-9-23-13(3)19-15/h4-7,9-10H,8H2,1-3H3,(H,20,22). The van der Waals surface area contributed by atoms with Gasteiger partial charge in [-0.15, -0.1) is 0 Å². The van der Waals surface area contributed by atoms with E-state index in [-0.39, 0.29) is 12.3 Å². The summed E-state index contributed by atoms with van der Waals surface area (Å²) in [4.78, 5) is 20.4. The van der Waals surface area contributed by atoms with Crippen molar-refractivity contribution in [2.75, 3.05) is 5.32 Å². The molecule has 0 saturated carbocycles. The zero-order valence-corrected chi connectivity index (χ0v) is 13.3. The Morgan fingerprint density at radius 2 is 1.96 bits per heavy atom. The first-order chi connectivity index (χ1) is 11.0. The Morgan fingerprint density at radius 1 is 1.22 bits per heavy atom. The van der Waals surface area contributed by atoms with Crippen molar-refractivity contribution in [2.24, 2.45) is 0 Å². The number of hydrogen-bond acceptors (Lipinski definition) is 4. The minimum absolute atomic E-state index is 0.124. The first-order valence-corrected chi connectivity index (χ1v) is 7.35. The van der Waals surface area contributed by atoms with E-state index in [9.17, 15) is 4.79 Å². The summed E-state index contributed by atoms with van der Waals surface area (Å²) in [7, 11) is 0. The van der Waals surface area contributed by atoms with Crippen molar-refractivity contribution in [1.29, 1.82) is 0 Å². The molecule has 118 valence electrons. The molecule has 0 atom stereocenters. The summed E-state index contributed by atoms with van der Waals surface area (Å²) in [6.45, 7) is 5.75. The summed E-state index contributed by atoms with van der Waals surface area (Å²) < 4.78 is 7.11. The number of aryl methyl sites for hydroxylation is 2. The number of nitrogens with one attached hydrogen (secondary N) is 1. The van der Waals surface area contributed by atoms with Crippen molar-refractivity contribution in [2.45, 2.75) is 27.2 Å². The molecule has 3 rings (SSSR count). The molecule has 1 amide bonds. The molecule has 1 aromatic carbocycles. The van der Waals surface area contributed by atoms with Gasteiger partial charge in [0.1, 0.15) is 6.26 Å². The van der Waals surface area contributed by atoms with Gasteiger partial charge in [-0.05, 0) is 38.1 Å². The lowest BCUT2D eigenvalue weighted by atomic mass is 10.2. The van der Waals surface area contributed by atoms with Crippen LogP contribution in [0.4, 0.5) is 5.69 Å². The molecule has 2 heterocycles. The van der Waals surface area contributed by atoms with Crippen molar-refractivity contribution in [3.05, 3.63) is 59.8 Å². The molecule has 0 spiro atoms. The maximum Gasteiger partial charge on any atom is 0.230 e. The van der Waals surface area contributed by atoms with Crippen LogP contribution < -0.4 is 5.32 Å². The third kappa shape index (κ3) is 3.31. The Morgan fingerprint density at radius 3 is 2.52 bits per heavy atom. The molecule has 0 fully saturated rings. The van der Waals surface area contributed by atoms with Gasteiger partial charge < -0.3 is 14.3 Å². The van der Waals surface area contributed by atoms with Gasteiger partial charge in [0.05, 0.1) is 24.1 Å². The highest BCUT2D eigenvalue weighted by atomic mass is 16.3. The Balaban J connectivity index is 1.67. The lowest BCUT2D eigenvalue weighted by Crippen LogP contribution is -2.14. The van der Waals surface area contributed by atoms with E-state index in [2.05, 4.69) is 15.3 Å². The summed E-state index contributed by atoms with van der Waals surface area (Å²) in [5, 5.41) is 2.85. The molecule has 6 nitrogen and oxygen atoms in total. The maximum atomic E-state index is 12.0. The molecule has 0 saturated heterocycles. The van der Waals surface area contributed by atoms with Gasteiger partial charge in [-0.3, -0.25) is 4.79 Å². The Hall–Kier alpha value is -2.89. The molecule has 0 aliphatic rings. The van der Waals surface area contributed by atoms with Gasteiger partial charge in [-0.2, -0.15) is 0 Å². The second-order valence-electron chi connectivity index (χ2n) is 5.42. The number of amides is 1. The predicted molar refractivity (Wildman–Crippen MR) is 86.6 cm³/mol. The number of anilines is 1. The third-order valence-electron chi connectivity index (χ3n) is 3.69. The van der Waals surface area contributed by atoms with E-state index < -0.39 is 0 Å². The van der Waals surface area contributed by atoms with Crippen molar-refractivity contribution >= 4 is 11.6 Å². The van der Waals surface area contributed by atoms with E-state index in [0.29, 0.717) is 11.6 Å². The molecule has 0 unspecified atom stereocenters. The summed E-state index contributed by atoms with van der Waals surface area (Å²) in [5.41, 5.74) is 4.48. The van der Waals surface area contributed by atoms with Crippen LogP contribution in [-0.4, -0.2) is 20.4 Å². The lowest BCUT2D eigenvalue weighted by Gasteiger charge is -2.08. The quantitative estimate of drug-likeness (QED) is 0.804. The number of carbonyl (C=O) groups excluding carboxylic acids is 1. The summed E-state index contributed by atoms with van der Waals surface area (Å²) >= 11 is 0. The van der Waals surface area contributed by atoms with E-state index in [0.717, 1.165) is 22.8 Å². The number of rotatable bonds is 4. The monoisotopic (exact) mass is 310 g/mol. The van der Waals surface area contributed by atoms with Gasteiger partial charge in [0.2, 0.25) is 5.91 Å². The second kappa shape index (κ2) is 6.08. The zero-order valence-electron chi connectivity index (χ0n) is 13.3. The highest BCUT2D eigenvalue weighted by Crippen LogP contribution is 2.17.